The van der Waals surface area contributed by atoms with Gasteiger partial charge in [0.15, 0.2) is 0 Å². The van der Waals surface area contributed by atoms with E-state index in [1.165, 1.54) is 88.0 Å². The maximum absolute atomic E-state index is 12.4. The quantitative estimate of drug-likeness (QED) is 0.401. The Morgan fingerprint density at radius 1 is 0.974 bits per heavy atom. The molecule has 9 nitrogen and oxygen atoms in total. The number of methoxy groups -OCH3 is 1. The van der Waals surface area contributed by atoms with Crippen LogP contribution in [0, 0.1) is 0 Å². The summed E-state index contributed by atoms with van der Waals surface area (Å²) in [5, 5.41) is 15.3. The maximum atomic E-state index is 12.4. The molecule has 0 bridgehead atoms. The van der Waals surface area contributed by atoms with E-state index in [0.717, 1.165) is 17.6 Å². The number of carbonyl (C=O) groups excluding carboxylic acids is 2. The van der Waals surface area contributed by atoms with Crippen molar-refractivity contribution in [1.82, 2.24) is 15.5 Å². The number of alkyl carbamates (subject to hydrolysis) is 1. The number of rotatable bonds is 8. The molecule has 0 aromatic heterocycles. The molecule has 3 fully saturated rings. The summed E-state index contributed by atoms with van der Waals surface area (Å²) < 4.78 is 10.1. The van der Waals surface area contributed by atoms with Crippen LogP contribution in [0.25, 0.3) is 0 Å². The number of carboxylic acids is 1. The molecule has 214 valence electrons. The van der Waals surface area contributed by atoms with Gasteiger partial charge in [-0.1, -0.05) is 68.9 Å². The number of β-lactam (4-membered cyclic amide) rings is 1. The largest absolute Gasteiger partial charge is 0.477 e. The van der Waals surface area contributed by atoms with E-state index in [1.807, 2.05) is 30.3 Å². The lowest BCUT2D eigenvalue weighted by molar-refractivity contribution is -0.149. The van der Waals surface area contributed by atoms with E-state index >= 15 is 0 Å². The van der Waals surface area contributed by atoms with Gasteiger partial charge in [-0.05, 0) is 36.8 Å². The minimum Gasteiger partial charge on any atom is -0.477 e. The van der Waals surface area contributed by atoms with Crippen molar-refractivity contribution in [3.63, 3.8) is 0 Å². The van der Waals surface area contributed by atoms with E-state index in [2.05, 4.69) is 10.6 Å². The summed E-state index contributed by atoms with van der Waals surface area (Å²) in [5.41, 5.74) is 1.31. The Morgan fingerprint density at radius 2 is 1.59 bits per heavy atom. The highest BCUT2D eigenvalue weighted by molar-refractivity contribution is 8.00. The summed E-state index contributed by atoms with van der Waals surface area (Å²) in [7, 11) is 1.47. The van der Waals surface area contributed by atoms with Crippen molar-refractivity contribution < 1.29 is 29.0 Å². The van der Waals surface area contributed by atoms with Crippen LogP contribution in [0.4, 0.5) is 4.79 Å². The Hall–Kier alpha value is -2.56. The van der Waals surface area contributed by atoms with Gasteiger partial charge in [-0.3, -0.25) is 9.69 Å². The lowest BCUT2D eigenvalue weighted by Gasteiger charge is -2.49. The van der Waals surface area contributed by atoms with Crippen LogP contribution in [-0.4, -0.2) is 70.9 Å². The molecule has 10 heteroatoms. The second-order valence-corrected chi connectivity index (χ2v) is 11.7. The molecule has 2 aliphatic carbocycles. The molecule has 3 N–H and O–H groups in total. The molecule has 1 saturated heterocycles. The van der Waals surface area contributed by atoms with Crippen LogP contribution in [-0.2, 0) is 25.7 Å². The van der Waals surface area contributed by atoms with Crippen LogP contribution in [0.15, 0.2) is 41.6 Å². The predicted molar refractivity (Wildman–Crippen MR) is 150 cm³/mol. The zero-order valence-corrected chi connectivity index (χ0v) is 23.5. The minimum atomic E-state index is -1.18. The Bertz CT molecular complexity index is 992. The number of thioether (sulfide) groups is 1. The number of carbonyl (C=O) groups is 3. The van der Waals surface area contributed by atoms with Crippen molar-refractivity contribution in [2.24, 2.45) is 0 Å². The first-order valence-electron chi connectivity index (χ1n) is 14.1. The molecule has 0 spiro atoms. The number of amides is 2. The first kappa shape index (κ1) is 29.4. The summed E-state index contributed by atoms with van der Waals surface area (Å²) >= 11 is 1.38. The molecule has 0 radical (unpaired) electrons. The number of fused-ring (bicyclic) bond motifs is 1. The van der Waals surface area contributed by atoms with Crippen LogP contribution >= 0.6 is 11.8 Å². The van der Waals surface area contributed by atoms with Gasteiger partial charge in [-0.15, -0.1) is 11.8 Å². The normalized spacial score (nSPS) is 23.7. The summed E-state index contributed by atoms with van der Waals surface area (Å²) in [6.45, 7) is 0.232. The third kappa shape index (κ3) is 7.99. The Morgan fingerprint density at radius 3 is 2.15 bits per heavy atom. The fourth-order valence-electron chi connectivity index (χ4n) is 5.73. The standard InChI is InChI=1S/C17H18N2O6S.C12H23N/c1-24-8-11-9-26-15-12(14(20)19(15)13(11)16(21)22)18-17(23)25-7-10-5-3-2-4-6-10;1-3-7-11(8-4-1)13-12-9-5-2-6-10-12/h2-6,12,15H,7-9H2,1H3,(H,18,23)(H,21,22);11-13H,1-10H2/t12?,15-;/m0./s1. The molecule has 2 heterocycles. The number of nitrogens with one attached hydrogen (secondary N) is 2. The lowest BCUT2D eigenvalue weighted by atomic mass is 9.91. The highest BCUT2D eigenvalue weighted by Crippen LogP contribution is 2.40. The van der Waals surface area contributed by atoms with E-state index in [9.17, 15) is 19.5 Å². The molecule has 1 aromatic carbocycles. The summed E-state index contributed by atoms with van der Waals surface area (Å²) in [6, 6.07) is 10.1. The van der Waals surface area contributed by atoms with Gasteiger partial charge in [0.2, 0.25) is 0 Å². The highest BCUT2D eigenvalue weighted by atomic mass is 32.2. The SMILES string of the molecule is C1CCC(NC2CCCCC2)CC1.COCC1=C(C(=O)O)N2C(=O)C(NC(=O)OCc3ccccc3)[C@@H]2SC1. The van der Waals surface area contributed by atoms with Gasteiger partial charge in [0.1, 0.15) is 23.7 Å². The second kappa shape index (κ2) is 14.7. The minimum absolute atomic E-state index is 0.0590. The fourth-order valence-corrected chi connectivity index (χ4v) is 7.06. The van der Waals surface area contributed by atoms with E-state index in [1.54, 1.807) is 0 Å². The van der Waals surface area contributed by atoms with Crippen molar-refractivity contribution in [2.45, 2.75) is 94.3 Å². The lowest BCUT2D eigenvalue weighted by Crippen LogP contribution is -2.70. The number of hydrogen-bond donors (Lipinski definition) is 3. The zero-order chi connectivity index (χ0) is 27.6. The summed E-state index contributed by atoms with van der Waals surface area (Å²) in [6.07, 6.45) is 13.9. The van der Waals surface area contributed by atoms with E-state index in [4.69, 9.17) is 9.47 Å². The van der Waals surface area contributed by atoms with Crippen LogP contribution in [0.5, 0.6) is 0 Å². The molecule has 2 amide bonds. The van der Waals surface area contributed by atoms with Gasteiger partial charge in [0, 0.05) is 24.9 Å². The summed E-state index contributed by atoms with van der Waals surface area (Å²) in [5.74, 6) is -1.23. The van der Waals surface area contributed by atoms with Crippen LogP contribution in [0.3, 0.4) is 0 Å². The third-order valence-corrected chi connectivity index (χ3v) is 9.08. The first-order chi connectivity index (χ1) is 19.0. The van der Waals surface area contributed by atoms with Gasteiger partial charge in [0.05, 0.1) is 6.61 Å². The molecule has 2 aliphatic heterocycles. The van der Waals surface area contributed by atoms with Gasteiger partial charge in [-0.25, -0.2) is 9.59 Å². The van der Waals surface area contributed by atoms with Crippen molar-refractivity contribution in [3.05, 3.63) is 47.2 Å². The fraction of sp³-hybridized carbons (Fsp3) is 0.621. The molecule has 1 unspecified atom stereocenters. The third-order valence-electron chi connectivity index (χ3n) is 7.74. The Kier molecular flexibility index (Phi) is 11.1. The van der Waals surface area contributed by atoms with E-state index < -0.39 is 29.4 Å². The first-order valence-corrected chi connectivity index (χ1v) is 15.1. The predicted octanol–water partition coefficient (Wildman–Crippen LogP) is 4.42. The number of ether oxygens (including phenoxy) is 2. The van der Waals surface area contributed by atoms with Crippen LogP contribution in [0.2, 0.25) is 0 Å². The highest BCUT2D eigenvalue weighted by Gasteiger charge is 2.54. The van der Waals surface area contributed by atoms with Crippen molar-refractivity contribution in [3.8, 4) is 0 Å². The number of aliphatic carboxylic acids is 1. The van der Waals surface area contributed by atoms with Crippen LogP contribution in [0.1, 0.15) is 69.8 Å². The van der Waals surface area contributed by atoms with Crippen molar-refractivity contribution in [1.29, 1.82) is 0 Å². The average Bonchev–Trinajstić information content (AvgIpc) is 2.96. The Labute approximate surface area is 235 Å². The molecule has 39 heavy (non-hydrogen) atoms. The molecular weight excluding hydrogens is 518 g/mol. The monoisotopic (exact) mass is 559 g/mol. The number of nitrogens with zero attached hydrogens (tertiary/aromatic N) is 1. The maximum Gasteiger partial charge on any atom is 0.408 e. The molecule has 2 atom stereocenters. The molecule has 5 rings (SSSR count). The average molecular weight is 560 g/mol. The van der Waals surface area contributed by atoms with Crippen molar-refractivity contribution in [2.75, 3.05) is 19.5 Å². The smallest absolute Gasteiger partial charge is 0.408 e. The molecule has 4 aliphatic rings. The molecule has 1 aromatic rings. The van der Waals surface area contributed by atoms with Gasteiger partial charge in [-0.2, -0.15) is 0 Å². The molecular formula is C29H41N3O6S. The number of hydrogen-bond acceptors (Lipinski definition) is 7. The van der Waals surface area contributed by atoms with E-state index in [-0.39, 0.29) is 18.9 Å². The van der Waals surface area contributed by atoms with Gasteiger partial charge >= 0.3 is 12.1 Å². The van der Waals surface area contributed by atoms with Crippen LogP contribution < -0.4 is 10.6 Å². The Balaban J connectivity index is 0.000000226. The zero-order valence-electron chi connectivity index (χ0n) is 22.7. The number of benzene rings is 1. The van der Waals surface area contributed by atoms with Gasteiger partial charge < -0.3 is 25.2 Å². The van der Waals surface area contributed by atoms with Crippen molar-refractivity contribution >= 4 is 29.7 Å². The van der Waals surface area contributed by atoms with E-state index in [0.29, 0.717) is 11.3 Å². The number of carboxylic acid groups (broad SMARTS) is 1. The second-order valence-electron chi connectivity index (χ2n) is 10.6. The van der Waals surface area contributed by atoms with Gasteiger partial charge in [0.25, 0.3) is 5.91 Å². The molecule has 2 saturated carbocycles. The topological polar surface area (TPSA) is 117 Å². The summed E-state index contributed by atoms with van der Waals surface area (Å²) in [4.78, 5) is 37.1.